The number of benzene rings is 1. The third-order valence-corrected chi connectivity index (χ3v) is 3.30. The van der Waals surface area contributed by atoms with Crippen molar-refractivity contribution in [1.82, 2.24) is 4.98 Å². The van der Waals surface area contributed by atoms with Gasteiger partial charge in [-0.05, 0) is 54.7 Å². The monoisotopic (exact) mass is 256 g/mol. The number of fused-ring (bicyclic) bond motifs is 1. The molecule has 4 heteroatoms. The lowest BCUT2D eigenvalue weighted by molar-refractivity contribution is 0.102. The van der Waals surface area contributed by atoms with Gasteiger partial charge in [-0.15, -0.1) is 0 Å². The van der Waals surface area contributed by atoms with Crippen LogP contribution in [0.5, 0.6) is 0 Å². The Morgan fingerprint density at radius 2 is 2.00 bits per heavy atom. The Bertz CT molecular complexity index is 640. The van der Waals surface area contributed by atoms with E-state index >= 15 is 0 Å². The van der Waals surface area contributed by atoms with Crippen molar-refractivity contribution in [2.24, 2.45) is 0 Å². The van der Waals surface area contributed by atoms with Gasteiger partial charge in [0.05, 0.1) is 0 Å². The normalized spacial score (nSPS) is 13.1. The number of nitrogens with zero attached hydrogens (tertiary/aromatic N) is 1. The molecular weight excluding hydrogens is 243 g/mol. The van der Waals surface area contributed by atoms with Gasteiger partial charge in [0, 0.05) is 5.69 Å². The summed E-state index contributed by atoms with van der Waals surface area (Å²) in [6.45, 7) is 0. The number of rotatable bonds is 2. The summed E-state index contributed by atoms with van der Waals surface area (Å²) in [6, 6.07) is 10.1. The van der Waals surface area contributed by atoms with Crippen LogP contribution in [0.15, 0.2) is 36.4 Å². The second-order valence-electron chi connectivity index (χ2n) is 4.64. The van der Waals surface area contributed by atoms with Gasteiger partial charge in [-0.3, -0.25) is 4.79 Å². The summed E-state index contributed by atoms with van der Waals surface area (Å²) in [5.74, 6) is -1.04. The fourth-order valence-corrected chi connectivity index (χ4v) is 2.38. The van der Waals surface area contributed by atoms with Crippen molar-refractivity contribution < 1.29 is 9.18 Å². The molecule has 0 atom stereocenters. The Labute approximate surface area is 110 Å². The van der Waals surface area contributed by atoms with Gasteiger partial charge in [0.2, 0.25) is 5.95 Å². The van der Waals surface area contributed by atoms with Gasteiger partial charge in [0.25, 0.3) is 5.91 Å². The molecule has 0 spiro atoms. The number of amides is 1. The second-order valence-corrected chi connectivity index (χ2v) is 4.64. The minimum absolute atomic E-state index is 0.0838. The Kier molecular flexibility index (Phi) is 2.99. The molecule has 1 heterocycles. The molecule has 0 unspecified atom stereocenters. The molecule has 0 saturated heterocycles. The Hall–Kier alpha value is -2.23. The first kappa shape index (κ1) is 11.8. The van der Waals surface area contributed by atoms with Gasteiger partial charge >= 0.3 is 0 Å². The zero-order chi connectivity index (χ0) is 13.2. The second kappa shape index (κ2) is 4.80. The summed E-state index contributed by atoms with van der Waals surface area (Å²) in [5, 5.41) is 2.75. The van der Waals surface area contributed by atoms with Gasteiger partial charge in [-0.2, -0.15) is 4.39 Å². The minimum atomic E-state index is -0.651. The molecule has 0 saturated carbocycles. The van der Waals surface area contributed by atoms with Crippen molar-refractivity contribution in [2.45, 2.75) is 19.3 Å². The number of carbonyl (C=O) groups is 1. The maximum absolute atomic E-state index is 13.0. The predicted octanol–water partition coefficient (Wildman–Crippen LogP) is 2.96. The molecule has 1 aromatic heterocycles. The van der Waals surface area contributed by atoms with Crippen LogP contribution in [0.1, 0.15) is 28.0 Å². The van der Waals surface area contributed by atoms with Crippen molar-refractivity contribution in [3.05, 3.63) is 59.2 Å². The highest BCUT2D eigenvalue weighted by atomic mass is 19.1. The molecule has 3 rings (SSSR count). The Morgan fingerprint density at radius 1 is 1.16 bits per heavy atom. The van der Waals surface area contributed by atoms with Crippen LogP contribution in [0.25, 0.3) is 0 Å². The first-order valence-electron chi connectivity index (χ1n) is 6.28. The molecule has 1 N–H and O–H groups in total. The lowest BCUT2D eigenvalue weighted by atomic mass is 10.1. The first-order valence-corrected chi connectivity index (χ1v) is 6.28. The molecule has 96 valence electrons. The first-order chi connectivity index (χ1) is 9.22. The highest BCUT2D eigenvalue weighted by molar-refractivity contribution is 6.02. The quantitative estimate of drug-likeness (QED) is 0.839. The number of hydrogen-bond acceptors (Lipinski definition) is 2. The molecular formula is C15H13FN2O. The van der Waals surface area contributed by atoms with Gasteiger partial charge in [-0.25, -0.2) is 4.98 Å². The molecule has 1 amide bonds. The van der Waals surface area contributed by atoms with Crippen molar-refractivity contribution in [1.29, 1.82) is 0 Å². The number of anilines is 1. The molecule has 0 aliphatic heterocycles. The van der Waals surface area contributed by atoms with Gasteiger partial charge in [0.1, 0.15) is 5.69 Å². The zero-order valence-electron chi connectivity index (χ0n) is 10.3. The van der Waals surface area contributed by atoms with E-state index in [0.717, 1.165) is 24.9 Å². The van der Waals surface area contributed by atoms with Crippen LogP contribution in [-0.4, -0.2) is 10.9 Å². The molecule has 0 bridgehead atoms. The van der Waals surface area contributed by atoms with Gasteiger partial charge in [-0.1, -0.05) is 12.1 Å². The van der Waals surface area contributed by atoms with Crippen LogP contribution in [0.2, 0.25) is 0 Å². The fourth-order valence-electron chi connectivity index (χ4n) is 2.38. The molecule has 1 aliphatic rings. The van der Waals surface area contributed by atoms with Crippen molar-refractivity contribution in [3.8, 4) is 0 Å². The highest BCUT2D eigenvalue weighted by Crippen LogP contribution is 2.25. The molecule has 1 aromatic carbocycles. The number of carbonyl (C=O) groups excluding carboxylic acids is 1. The van der Waals surface area contributed by atoms with Crippen molar-refractivity contribution in [3.63, 3.8) is 0 Å². The molecule has 3 nitrogen and oxygen atoms in total. The highest BCUT2D eigenvalue weighted by Gasteiger charge is 2.13. The van der Waals surface area contributed by atoms with E-state index in [-0.39, 0.29) is 5.69 Å². The number of hydrogen-bond donors (Lipinski definition) is 1. The van der Waals surface area contributed by atoms with Gasteiger partial charge in [0.15, 0.2) is 0 Å². The smallest absolute Gasteiger partial charge is 0.274 e. The van der Waals surface area contributed by atoms with Crippen molar-refractivity contribution >= 4 is 11.6 Å². The third kappa shape index (κ3) is 2.47. The average Bonchev–Trinajstić information content (AvgIpc) is 2.86. The molecule has 1 aliphatic carbocycles. The number of aromatic nitrogens is 1. The summed E-state index contributed by atoms with van der Waals surface area (Å²) >= 11 is 0. The van der Waals surface area contributed by atoms with Crippen LogP contribution in [0.3, 0.4) is 0 Å². The van der Waals surface area contributed by atoms with Crippen LogP contribution >= 0.6 is 0 Å². The molecule has 2 aromatic rings. The van der Waals surface area contributed by atoms with E-state index in [0.29, 0.717) is 0 Å². The lowest BCUT2D eigenvalue weighted by Crippen LogP contribution is -2.14. The standard InChI is InChI=1S/C15H13FN2O/c16-14-6-2-5-13(18-14)15(19)17-12-8-7-10-3-1-4-11(10)9-12/h2,5-9H,1,3-4H2,(H,17,19). The number of nitrogens with one attached hydrogen (secondary N) is 1. The number of pyridine rings is 1. The number of halogens is 1. The molecule has 19 heavy (non-hydrogen) atoms. The van der Waals surface area contributed by atoms with Crippen molar-refractivity contribution in [2.75, 3.05) is 5.32 Å². The van der Waals surface area contributed by atoms with E-state index in [1.54, 1.807) is 0 Å². The van der Waals surface area contributed by atoms with E-state index < -0.39 is 11.9 Å². The van der Waals surface area contributed by atoms with E-state index in [2.05, 4.69) is 10.3 Å². The zero-order valence-corrected chi connectivity index (χ0v) is 10.3. The van der Waals surface area contributed by atoms with Crippen LogP contribution in [-0.2, 0) is 12.8 Å². The summed E-state index contributed by atoms with van der Waals surface area (Å²) < 4.78 is 13.0. The Morgan fingerprint density at radius 3 is 2.84 bits per heavy atom. The summed E-state index contributed by atoms with van der Waals surface area (Å²) in [6.07, 6.45) is 3.32. The fraction of sp³-hybridized carbons (Fsp3) is 0.200. The van der Waals surface area contributed by atoms with Crippen LogP contribution < -0.4 is 5.32 Å². The predicted molar refractivity (Wildman–Crippen MR) is 70.6 cm³/mol. The van der Waals surface area contributed by atoms with E-state index in [9.17, 15) is 9.18 Å². The van der Waals surface area contributed by atoms with Gasteiger partial charge < -0.3 is 5.32 Å². The van der Waals surface area contributed by atoms with E-state index in [1.807, 2.05) is 18.2 Å². The van der Waals surface area contributed by atoms with E-state index in [1.165, 1.54) is 29.3 Å². The Balaban J connectivity index is 1.80. The summed E-state index contributed by atoms with van der Waals surface area (Å²) in [7, 11) is 0. The largest absolute Gasteiger partial charge is 0.321 e. The maximum Gasteiger partial charge on any atom is 0.274 e. The minimum Gasteiger partial charge on any atom is -0.321 e. The van der Waals surface area contributed by atoms with E-state index in [4.69, 9.17) is 0 Å². The number of aryl methyl sites for hydroxylation is 2. The summed E-state index contributed by atoms with van der Waals surface area (Å²) in [5.41, 5.74) is 3.45. The van der Waals surface area contributed by atoms with Crippen LogP contribution in [0.4, 0.5) is 10.1 Å². The molecule has 0 radical (unpaired) electrons. The SMILES string of the molecule is O=C(Nc1ccc2c(c1)CCC2)c1cccc(F)n1. The average molecular weight is 256 g/mol. The summed E-state index contributed by atoms with van der Waals surface area (Å²) in [4.78, 5) is 15.5. The lowest BCUT2D eigenvalue weighted by Gasteiger charge is -2.07. The van der Waals surface area contributed by atoms with Crippen LogP contribution in [0, 0.1) is 5.95 Å². The third-order valence-electron chi connectivity index (χ3n) is 3.30. The topological polar surface area (TPSA) is 42.0 Å². The maximum atomic E-state index is 13.0. The molecule has 0 fully saturated rings.